The van der Waals surface area contributed by atoms with Crippen molar-refractivity contribution in [3.8, 4) is 0 Å². The molecule has 5 heteroatoms. The van der Waals surface area contributed by atoms with Crippen molar-refractivity contribution >= 4 is 17.6 Å². The number of hydrogen-bond donors (Lipinski definition) is 0. The lowest BCUT2D eigenvalue weighted by Crippen LogP contribution is -2.42. The highest BCUT2D eigenvalue weighted by atomic mass is 16.5. The van der Waals surface area contributed by atoms with Gasteiger partial charge >= 0.3 is 5.97 Å². The van der Waals surface area contributed by atoms with Gasteiger partial charge in [-0.25, -0.2) is 4.79 Å². The first-order valence-corrected chi connectivity index (χ1v) is 6.12. The van der Waals surface area contributed by atoms with E-state index in [4.69, 9.17) is 9.47 Å². The summed E-state index contributed by atoms with van der Waals surface area (Å²) in [6.07, 6.45) is 0. The fourth-order valence-electron chi connectivity index (χ4n) is 2.23. The average molecular weight is 263 g/mol. The van der Waals surface area contributed by atoms with Crippen LogP contribution in [0.25, 0.3) is 0 Å². The van der Waals surface area contributed by atoms with Crippen LogP contribution < -0.4 is 4.90 Å². The molecule has 0 unspecified atom stereocenters. The van der Waals surface area contributed by atoms with Gasteiger partial charge in [0.05, 0.1) is 19.3 Å². The molecule has 0 atom stereocenters. The molecule has 2 rings (SSSR count). The van der Waals surface area contributed by atoms with Crippen LogP contribution in [-0.2, 0) is 14.3 Å². The molecule has 5 nitrogen and oxygen atoms in total. The maximum Gasteiger partial charge on any atom is 0.338 e. The van der Waals surface area contributed by atoms with Gasteiger partial charge in [0.1, 0.15) is 6.61 Å². The number of esters is 1. The Balaban J connectivity index is 2.44. The molecule has 0 radical (unpaired) electrons. The highest BCUT2D eigenvalue weighted by Crippen LogP contribution is 2.26. The van der Waals surface area contributed by atoms with Crippen LogP contribution in [0.3, 0.4) is 0 Å². The summed E-state index contributed by atoms with van der Waals surface area (Å²) in [6, 6.07) is 3.62. The van der Waals surface area contributed by atoms with Gasteiger partial charge in [-0.1, -0.05) is 6.07 Å². The lowest BCUT2D eigenvalue weighted by molar-refractivity contribution is -0.125. The molecule has 1 amide bonds. The molecule has 1 heterocycles. The first-order chi connectivity index (χ1) is 9.04. The number of nitrogens with zero attached hydrogens (tertiary/aromatic N) is 1. The zero-order valence-electron chi connectivity index (χ0n) is 11.4. The van der Waals surface area contributed by atoms with E-state index in [2.05, 4.69) is 0 Å². The topological polar surface area (TPSA) is 55.8 Å². The van der Waals surface area contributed by atoms with Crippen LogP contribution in [0.15, 0.2) is 12.1 Å². The number of ether oxygens (including phenoxy) is 2. The summed E-state index contributed by atoms with van der Waals surface area (Å²) in [4.78, 5) is 25.2. The second-order valence-corrected chi connectivity index (χ2v) is 4.54. The second kappa shape index (κ2) is 5.40. The Morgan fingerprint density at radius 1 is 1.32 bits per heavy atom. The number of benzene rings is 1. The van der Waals surface area contributed by atoms with Crippen molar-refractivity contribution in [1.29, 1.82) is 0 Å². The first-order valence-electron chi connectivity index (χ1n) is 6.12. The Kier molecular flexibility index (Phi) is 3.85. The quantitative estimate of drug-likeness (QED) is 0.758. The standard InChI is InChI=1S/C14H17NO4/c1-9-6-10(2)12(7-11(9)14(17)18-3)15-4-5-19-8-13(15)16/h6-7H,4-5,8H2,1-3H3. The van der Waals surface area contributed by atoms with Crippen molar-refractivity contribution in [2.24, 2.45) is 0 Å². The number of rotatable bonds is 2. The number of anilines is 1. The highest BCUT2D eigenvalue weighted by molar-refractivity contribution is 5.98. The van der Waals surface area contributed by atoms with E-state index in [9.17, 15) is 9.59 Å². The molecular formula is C14H17NO4. The van der Waals surface area contributed by atoms with Gasteiger partial charge in [-0.2, -0.15) is 0 Å². The van der Waals surface area contributed by atoms with Crippen molar-refractivity contribution in [3.05, 3.63) is 28.8 Å². The van der Waals surface area contributed by atoms with Gasteiger partial charge in [-0.3, -0.25) is 4.79 Å². The molecule has 0 aliphatic carbocycles. The van der Waals surface area contributed by atoms with E-state index >= 15 is 0 Å². The minimum Gasteiger partial charge on any atom is -0.465 e. The molecule has 1 aromatic rings. The molecule has 1 aromatic carbocycles. The molecule has 0 N–H and O–H groups in total. The molecule has 1 aliphatic rings. The maximum absolute atomic E-state index is 11.9. The fraction of sp³-hybridized carbons (Fsp3) is 0.429. The van der Waals surface area contributed by atoms with Crippen LogP contribution in [0.1, 0.15) is 21.5 Å². The highest BCUT2D eigenvalue weighted by Gasteiger charge is 2.23. The van der Waals surface area contributed by atoms with E-state index < -0.39 is 0 Å². The largest absolute Gasteiger partial charge is 0.465 e. The van der Waals surface area contributed by atoms with Crippen molar-refractivity contribution in [3.63, 3.8) is 0 Å². The Labute approximate surface area is 112 Å². The van der Waals surface area contributed by atoms with Crippen LogP contribution in [0.5, 0.6) is 0 Å². The van der Waals surface area contributed by atoms with Crippen LogP contribution in [0, 0.1) is 13.8 Å². The number of carbonyl (C=O) groups excluding carboxylic acids is 2. The number of morpholine rings is 1. The summed E-state index contributed by atoms with van der Waals surface area (Å²) in [5.74, 6) is -0.478. The van der Waals surface area contributed by atoms with Crippen molar-refractivity contribution in [1.82, 2.24) is 0 Å². The van der Waals surface area contributed by atoms with E-state index in [1.54, 1.807) is 11.0 Å². The smallest absolute Gasteiger partial charge is 0.338 e. The molecule has 1 saturated heterocycles. The number of methoxy groups -OCH3 is 1. The van der Waals surface area contributed by atoms with Gasteiger partial charge in [0.25, 0.3) is 5.91 Å². The Hall–Kier alpha value is -1.88. The third-order valence-corrected chi connectivity index (χ3v) is 3.22. The van der Waals surface area contributed by atoms with Crippen LogP contribution in [0.2, 0.25) is 0 Å². The van der Waals surface area contributed by atoms with E-state index in [1.807, 2.05) is 19.9 Å². The molecular weight excluding hydrogens is 246 g/mol. The molecule has 0 aromatic heterocycles. The summed E-state index contributed by atoms with van der Waals surface area (Å²) < 4.78 is 9.87. The Morgan fingerprint density at radius 3 is 2.68 bits per heavy atom. The number of amides is 1. The SMILES string of the molecule is COC(=O)c1cc(N2CCOCC2=O)c(C)cc1C. The van der Waals surface area contributed by atoms with E-state index in [1.165, 1.54) is 7.11 Å². The lowest BCUT2D eigenvalue weighted by atomic mass is 10.0. The number of carbonyl (C=O) groups is 2. The number of aryl methyl sites for hydroxylation is 2. The number of hydrogen-bond acceptors (Lipinski definition) is 4. The fourth-order valence-corrected chi connectivity index (χ4v) is 2.23. The summed E-state index contributed by atoms with van der Waals surface area (Å²) in [6.45, 7) is 4.87. The predicted octanol–water partition coefficient (Wildman–Crippen LogP) is 1.45. The van der Waals surface area contributed by atoms with E-state index in [0.29, 0.717) is 18.7 Å². The van der Waals surface area contributed by atoms with Crippen LogP contribution >= 0.6 is 0 Å². The molecule has 1 fully saturated rings. The van der Waals surface area contributed by atoms with Crippen LogP contribution in [0.4, 0.5) is 5.69 Å². The van der Waals surface area contributed by atoms with Gasteiger partial charge in [0.15, 0.2) is 0 Å². The van der Waals surface area contributed by atoms with E-state index in [-0.39, 0.29) is 18.5 Å². The normalized spacial score (nSPS) is 15.5. The van der Waals surface area contributed by atoms with Gasteiger partial charge in [-0.05, 0) is 31.0 Å². The third kappa shape index (κ3) is 2.61. The van der Waals surface area contributed by atoms with Gasteiger partial charge in [0, 0.05) is 12.2 Å². The second-order valence-electron chi connectivity index (χ2n) is 4.54. The third-order valence-electron chi connectivity index (χ3n) is 3.22. The van der Waals surface area contributed by atoms with Gasteiger partial charge in [0.2, 0.25) is 0 Å². The molecule has 1 aliphatic heterocycles. The zero-order valence-corrected chi connectivity index (χ0v) is 11.4. The summed E-state index contributed by atoms with van der Waals surface area (Å²) >= 11 is 0. The predicted molar refractivity (Wildman–Crippen MR) is 70.4 cm³/mol. The Morgan fingerprint density at radius 2 is 2.05 bits per heavy atom. The molecule has 102 valence electrons. The Bertz CT molecular complexity index is 524. The minimum atomic E-state index is -0.389. The van der Waals surface area contributed by atoms with Gasteiger partial charge < -0.3 is 14.4 Å². The maximum atomic E-state index is 11.9. The molecule has 19 heavy (non-hydrogen) atoms. The van der Waals surface area contributed by atoms with Crippen molar-refractivity contribution in [2.75, 3.05) is 31.8 Å². The van der Waals surface area contributed by atoms with Gasteiger partial charge in [-0.15, -0.1) is 0 Å². The molecule has 0 bridgehead atoms. The first kappa shape index (κ1) is 13.5. The van der Waals surface area contributed by atoms with Crippen molar-refractivity contribution in [2.45, 2.75) is 13.8 Å². The van der Waals surface area contributed by atoms with Crippen LogP contribution in [-0.4, -0.2) is 38.7 Å². The average Bonchev–Trinajstić information content (AvgIpc) is 2.39. The monoisotopic (exact) mass is 263 g/mol. The molecule has 0 saturated carbocycles. The lowest BCUT2D eigenvalue weighted by Gasteiger charge is -2.28. The molecule has 0 spiro atoms. The summed E-state index contributed by atoms with van der Waals surface area (Å²) in [5.41, 5.74) is 3.04. The minimum absolute atomic E-state index is 0.0842. The van der Waals surface area contributed by atoms with Crippen molar-refractivity contribution < 1.29 is 19.1 Å². The summed E-state index contributed by atoms with van der Waals surface area (Å²) in [5, 5.41) is 0. The summed E-state index contributed by atoms with van der Waals surface area (Å²) in [7, 11) is 1.35. The van der Waals surface area contributed by atoms with E-state index in [0.717, 1.165) is 16.8 Å². The zero-order chi connectivity index (χ0) is 14.0.